The second kappa shape index (κ2) is 13.0. The molecular weight excluding hydrogens is 448 g/mol. The minimum Gasteiger partial charge on any atom is -0.396 e. The van der Waals surface area contributed by atoms with Crippen LogP contribution in [0.15, 0.2) is 113 Å². The number of nitrogens with one attached hydrogen (secondary N) is 2. The zero-order valence-corrected chi connectivity index (χ0v) is 20.1. The molecule has 0 bridgehead atoms. The van der Waals surface area contributed by atoms with Gasteiger partial charge in [0.2, 0.25) is 5.91 Å². The Bertz CT molecular complexity index is 1240. The summed E-state index contributed by atoms with van der Waals surface area (Å²) in [6.45, 7) is 0.172. The Balaban J connectivity index is 1.29. The van der Waals surface area contributed by atoms with E-state index in [4.69, 9.17) is 5.11 Å². The Kier molecular flexibility index (Phi) is 8.95. The monoisotopic (exact) mass is 478 g/mol. The average molecular weight is 479 g/mol. The number of aliphatic imine (C=N–C) groups is 2. The van der Waals surface area contributed by atoms with E-state index in [1.54, 1.807) is 0 Å². The molecule has 3 N–H and O–H groups in total. The fourth-order valence-corrected chi connectivity index (χ4v) is 3.62. The van der Waals surface area contributed by atoms with Gasteiger partial charge in [-0.2, -0.15) is 0 Å². The molecule has 4 rings (SSSR count). The first-order valence-electron chi connectivity index (χ1n) is 12.1. The van der Waals surface area contributed by atoms with Gasteiger partial charge in [0.25, 0.3) is 0 Å². The Morgan fingerprint density at radius 3 is 1.72 bits per heavy atom. The van der Waals surface area contributed by atoms with Gasteiger partial charge in [-0.05, 0) is 97.8 Å². The number of carbonyl (C=O) groups is 1. The third-order valence-corrected chi connectivity index (χ3v) is 5.51. The number of aliphatic hydroxyl groups excluding tert-OH is 1. The number of aliphatic hydroxyl groups is 1. The van der Waals surface area contributed by atoms with Gasteiger partial charge in [-0.15, -0.1) is 0 Å². The van der Waals surface area contributed by atoms with Crippen molar-refractivity contribution in [1.29, 1.82) is 0 Å². The summed E-state index contributed by atoms with van der Waals surface area (Å²) >= 11 is 0. The number of hydrogen-bond donors (Lipinski definition) is 3. The quantitative estimate of drug-likeness (QED) is 0.219. The van der Waals surface area contributed by atoms with E-state index in [-0.39, 0.29) is 12.5 Å². The largest absolute Gasteiger partial charge is 0.396 e. The van der Waals surface area contributed by atoms with Crippen LogP contribution in [-0.2, 0) is 4.79 Å². The molecule has 0 aliphatic heterocycles. The van der Waals surface area contributed by atoms with E-state index >= 15 is 0 Å². The van der Waals surface area contributed by atoms with Crippen LogP contribution in [0.2, 0.25) is 0 Å². The van der Waals surface area contributed by atoms with Gasteiger partial charge in [-0.1, -0.05) is 24.6 Å². The maximum Gasteiger partial charge on any atom is 0.224 e. The van der Waals surface area contributed by atoms with Crippen molar-refractivity contribution in [2.75, 3.05) is 17.2 Å². The number of para-hydroxylation sites is 1. The van der Waals surface area contributed by atoms with Crippen LogP contribution in [0.3, 0.4) is 0 Å². The Morgan fingerprint density at radius 2 is 1.17 bits per heavy atom. The lowest BCUT2D eigenvalue weighted by atomic mass is 10.1. The van der Waals surface area contributed by atoms with E-state index < -0.39 is 0 Å². The summed E-state index contributed by atoms with van der Waals surface area (Å²) in [5, 5.41) is 15.1. The van der Waals surface area contributed by atoms with Crippen molar-refractivity contribution in [1.82, 2.24) is 0 Å². The number of nitrogens with zero attached hydrogens (tertiary/aromatic N) is 2. The molecule has 3 aromatic carbocycles. The molecule has 36 heavy (non-hydrogen) atoms. The lowest BCUT2D eigenvalue weighted by Crippen LogP contribution is -2.10. The van der Waals surface area contributed by atoms with Crippen molar-refractivity contribution < 1.29 is 9.90 Å². The van der Waals surface area contributed by atoms with Crippen LogP contribution < -0.4 is 10.6 Å². The van der Waals surface area contributed by atoms with E-state index in [1.165, 1.54) is 0 Å². The lowest BCUT2D eigenvalue weighted by Gasteiger charge is -2.07. The molecule has 0 radical (unpaired) electrons. The molecule has 0 heterocycles. The third kappa shape index (κ3) is 7.89. The van der Waals surface area contributed by atoms with Crippen molar-refractivity contribution in [3.8, 4) is 0 Å². The average Bonchev–Trinajstić information content (AvgIpc) is 2.91. The second-order valence-corrected chi connectivity index (χ2v) is 8.41. The van der Waals surface area contributed by atoms with Crippen LogP contribution in [0, 0.1) is 0 Å². The first-order valence-corrected chi connectivity index (χ1v) is 12.1. The Hall–Kier alpha value is -4.29. The van der Waals surface area contributed by atoms with Gasteiger partial charge in [0.1, 0.15) is 0 Å². The number of anilines is 3. The molecule has 0 aromatic heterocycles. The summed E-state index contributed by atoms with van der Waals surface area (Å²) in [5.74, 6) is -0.0148. The van der Waals surface area contributed by atoms with Crippen LogP contribution in [0.25, 0.3) is 0 Å². The highest BCUT2D eigenvalue weighted by molar-refractivity contribution is 6.19. The number of unbranched alkanes of at least 4 members (excludes halogenated alkanes) is 2. The highest BCUT2D eigenvalue weighted by atomic mass is 16.2. The molecule has 6 heteroatoms. The van der Waals surface area contributed by atoms with Gasteiger partial charge < -0.3 is 15.7 Å². The standard InChI is InChI=1S/C30H30N4O2/c35-22-6-2-5-9-30(36)34-29-20-18-28(19-21-29)33-27-16-14-26(15-17-27)32-25-12-10-24(11-13-25)31-23-7-3-1-4-8-23/h1,3-4,7-8,10-21,31,35H,2,5-6,9,22H2,(H,34,36). The van der Waals surface area contributed by atoms with Gasteiger partial charge in [0, 0.05) is 30.1 Å². The molecule has 0 saturated carbocycles. The molecule has 0 atom stereocenters. The van der Waals surface area contributed by atoms with Crippen molar-refractivity contribution >= 4 is 45.8 Å². The molecule has 1 aliphatic rings. The molecule has 3 aromatic rings. The molecule has 6 nitrogen and oxygen atoms in total. The number of allylic oxidation sites excluding steroid dienone is 4. The molecule has 182 valence electrons. The maximum absolute atomic E-state index is 12.0. The zero-order valence-electron chi connectivity index (χ0n) is 20.1. The normalized spacial score (nSPS) is 12.4. The highest BCUT2D eigenvalue weighted by Gasteiger charge is 2.04. The maximum atomic E-state index is 12.0. The number of rotatable bonds is 10. The van der Waals surface area contributed by atoms with Crippen molar-refractivity contribution in [3.63, 3.8) is 0 Å². The van der Waals surface area contributed by atoms with E-state index in [0.29, 0.717) is 6.42 Å². The second-order valence-electron chi connectivity index (χ2n) is 8.41. The zero-order chi connectivity index (χ0) is 25.0. The lowest BCUT2D eigenvalue weighted by molar-refractivity contribution is -0.116. The summed E-state index contributed by atoms with van der Waals surface area (Å²) in [7, 11) is 0. The van der Waals surface area contributed by atoms with Crippen LogP contribution in [0.4, 0.5) is 28.4 Å². The van der Waals surface area contributed by atoms with Crippen molar-refractivity contribution in [3.05, 3.63) is 103 Å². The highest BCUT2D eigenvalue weighted by Crippen LogP contribution is 2.22. The van der Waals surface area contributed by atoms with Crippen LogP contribution in [-0.4, -0.2) is 29.0 Å². The minimum absolute atomic E-state index is 0.0148. The minimum atomic E-state index is -0.0148. The molecule has 0 spiro atoms. The SMILES string of the molecule is O=C(CCCCCO)Nc1ccc(N=C2C=CC(=Nc3ccc(Nc4ccccc4)cc3)C=C2)cc1. The van der Waals surface area contributed by atoms with E-state index in [1.807, 2.05) is 103 Å². The molecule has 1 aliphatic carbocycles. The number of carbonyl (C=O) groups excluding carboxylic acids is 1. The van der Waals surface area contributed by atoms with E-state index in [0.717, 1.165) is 59.1 Å². The summed E-state index contributed by atoms with van der Waals surface area (Å²) in [4.78, 5) is 21.3. The fourth-order valence-electron chi connectivity index (χ4n) is 3.62. The smallest absolute Gasteiger partial charge is 0.224 e. The molecule has 0 saturated heterocycles. The Labute approximate surface area is 211 Å². The van der Waals surface area contributed by atoms with Gasteiger partial charge >= 0.3 is 0 Å². The third-order valence-electron chi connectivity index (χ3n) is 5.51. The predicted octanol–water partition coefficient (Wildman–Crippen LogP) is 6.89. The van der Waals surface area contributed by atoms with Crippen LogP contribution in [0.5, 0.6) is 0 Å². The number of hydrogen-bond acceptors (Lipinski definition) is 5. The van der Waals surface area contributed by atoms with Crippen LogP contribution in [0.1, 0.15) is 25.7 Å². The van der Waals surface area contributed by atoms with Gasteiger partial charge in [-0.25, -0.2) is 9.98 Å². The summed E-state index contributed by atoms with van der Waals surface area (Å²) in [6, 6.07) is 25.5. The van der Waals surface area contributed by atoms with Crippen molar-refractivity contribution in [2.45, 2.75) is 25.7 Å². The molecular formula is C30H30N4O2. The van der Waals surface area contributed by atoms with E-state index in [2.05, 4.69) is 20.6 Å². The summed E-state index contributed by atoms with van der Waals surface area (Å²) in [6.07, 6.45) is 10.6. The summed E-state index contributed by atoms with van der Waals surface area (Å²) in [5.41, 5.74) is 6.18. The molecule has 1 amide bonds. The fraction of sp³-hybridized carbons (Fsp3) is 0.167. The number of benzene rings is 3. The van der Waals surface area contributed by atoms with Gasteiger partial charge in [-0.3, -0.25) is 4.79 Å². The van der Waals surface area contributed by atoms with Gasteiger partial charge in [0.05, 0.1) is 22.8 Å². The Morgan fingerprint density at radius 1 is 0.639 bits per heavy atom. The first-order chi connectivity index (χ1) is 17.7. The van der Waals surface area contributed by atoms with Gasteiger partial charge in [0.15, 0.2) is 0 Å². The van der Waals surface area contributed by atoms with Crippen molar-refractivity contribution in [2.24, 2.45) is 9.98 Å². The summed E-state index contributed by atoms with van der Waals surface area (Å²) < 4.78 is 0. The first kappa shape index (κ1) is 24.8. The van der Waals surface area contributed by atoms with E-state index in [9.17, 15) is 4.79 Å². The molecule has 0 unspecified atom stereocenters. The number of amides is 1. The topological polar surface area (TPSA) is 86.1 Å². The molecule has 0 fully saturated rings. The predicted molar refractivity (Wildman–Crippen MR) is 149 cm³/mol. The van der Waals surface area contributed by atoms with Crippen LogP contribution >= 0.6 is 0 Å².